The van der Waals surface area contributed by atoms with Crippen LogP contribution in [0, 0.1) is 11.8 Å². The summed E-state index contributed by atoms with van der Waals surface area (Å²) in [4.78, 5) is 4.74. The maximum atomic E-state index is 5.72. The lowest BCUT2D eigenvalue weighted by molar-refractivity contribution is 0.488. The summed E-state index contributed by atoms with van der Waals surface area (Å²) in [5, 5.41) is 4.61. The number of allylic oxidation sites excluding steroid dienone is 2. The van der Waals surface area contributed by atoms with Gasteiger partial charge in [-0.25, -0.2) is 0 Å². The van der Waals surface area contributed by atoms with Crippen LogP contribution in [-0.2, 0) is 12.3 Å². The Hall–Kier alpha value is -2.80. The molecule has 6 nitrogen and oxygen atoms in total. The fourth-order valence-electron chi connectivity index (χ4n) is 3.95. The third kappa shape index (κ3) is 4.29. The van der Waals surface area contributed by atoms with Gasteiger partial charge in [-0.1, -0.05) is 60.7 Å². The van der Waals surface area contributed by atoms with E-state index in [-0.39, 0.29) is 5.92 Å². The predicted octanol–water partition coefficient (Wildman–Crippen LogP) is 2.66. The van der Waals surface area contributed by atoms with Crippen molar-refractivity contribution in [1.29, 1.82) is 0 Å². The Morgan fingerprint density at radius 3 is 2.48 bits per heavy atom. The number of nitrogens with zero attached hydrogens (tertiary/aromatic N) is 2. The third-order valence-corrected chi connectivity index (χ3v) is 5.69. The van der Waals surface area contributed by atoms with E-state index in [0.717, 1.165) is 24.2 Å². The average molecular weight is 389 g/mol. The van der Waals surface area contributed by atoms with E-state index in [9.17, 15) is 0 Å². The van der Waals surface area contributed by atoms with Crippen LogP contribution in [-0.4, -0.2) is 11.5 Å². The molecule has 6 heteroatoms. The minimum Gasteiger partial charge on any atom is -0.297 e. The van der Waals surface area contributed by atoms with Gasteiger partial charge in [0.1, 0.15) is 11.6 Å². The van der Waals surface area contributed by atoms with E-state index in [1.165, 1.54) is 16.8 Å². The molecule has 2 atom stereocenters. The van der Waals surface area contributed by atoms with Crippen LogP contribution in [0.15, 0.2) is 70.8 Å². The van der Waals surface area contributed by atoms with E-state index in [1.54, 1.807) is 0 Å². The molecule has 0 fully saturated rings. The molecule has 0 aromatic heterocycles. The molecule has 0 radical (unpaired) electrons. The Labute approximate surface area is 171 Å². The summed E-state index contributed by atoms with van der Waals surface area (Å²) in [6, 6.07) is 18.2. The molecule has 1 aliphatic heterocycles. The van der Waals surface area contributed by atoms with E-state index >= 15 is 0 Å². The van der Waals surface area contributed by atoms with Crippen LogP contribution in [0.25, 0.3) is 5.57 Å². The molecule has 0 amide bonds. The molecule has 0 spiro atoms. The molecule has 2 aromatic carbocycles. The molecule has 0 bridgehead atoms. The van der Waals surface area contributed by atoms with Crippen molar-refractivity contribution < 1.29 is 0 Å². The number of aliphatic imine (C=N–C) groups is 1. The number of hydrazone groups is 1. The maximum absolute atomic E-state index is 5.72. The zero-order valence-corrected chi connectivity index (χ0v) is 16.7. The summed E-state index contributed by atoms with van der Waals surface area (Å²) in [6.07, 6.45) is 4.56. The molecule has 0 saturated carbocycles. The van der Waals surface area contributed by atoms with Gasteiger partial charge in [0.25, 0.3) is 0 Å². The minimum atomic E-state index is -1.32. The quantitative estimate of drug-likeness (QED) is 0.589. The first-order valence-electron chi connectivity index (χ1n) is 10.0. The number of hydrogen-bond donors (Lipinski definition) is 4. The van der Waals surface area contributed by atoms with Crippen molar-refractivity contribution in [3.8, 4) is 0 Å². The van der Waals surface area contributed by atoms with Gasteiger partial charge in [-0.15, -0.1) is 0 Å². The SMILES string of the molecule is CC1C(=NCc2ccc(C(N)(N)N)cc2)NN=C1C1C=C(c2ccccc2)CC1. The molecular weight excluding hydrogens is 360 g/mol. The lowest BCUT2D eigenvalue weighted by Crippen LogP contribution is -2.54. The number of benzene rings is 2. The Morgan fingerprint density at radius 1 is 1.07 bits per heavy atom. The van der Waals surface area contributed by atoms with Crippen LogP contribution in [0.3, 0.4) is 0 Å². The van der Waals surface area contributed by atoms with Gasteiger partial charge in [-0.3, -0.25) is 27.6 Å². The number of hydrogen-bond acceptors (Lipinski definition) is 5. The van der Waals surface area contributed by atoms with Crippen LogP contribution < -0.4 is 22.6 Å². The van der Waals surface area contributed by atoms with Crippen molar-refractivity contribution in [2.45, 2.75) is 32.1 Å². The van der Waals surface area contributed by atoms with Crippen molar-refractivity contribution in [2.75, 3.05) is 0 Å². The molecule has 4 rings (SSSR count). The molecule has 150 valence electrons. The lowest BCUT2D eigenvalue weighted by atomic mass is 9.93. The summed E-state index contributed by atoms with van der Waals surface area (Å²) in [6.45, 7) is 2.74. The second-order valence-electron chi connectivity index (χ2n) is 7.90. The molecule has 0 saturated heterocycles. The maximum Gasteiger partial charge on any atom is 0.142 e. The fourth-order valence-corrected chi connectivity index (χ4v) is 3.95. The van der Waals surface area contributed by atoms with Gasteiger partial charge in [0, 0.05) is 11.5 Å². The van der Waals surface area contributed by atoms with E-state index in [2.05, 4.69) is 53.9 Å². The third-order valence-electron chi connectivity index (χ3n) is 5.69. The zero-order chi connectivity index (χ0) is 20.4. The highest BCUT2D eigenvalue weighted by atomic mass is 15.4. The Bertz CT molecular complexity index is 951. The van der Waals surface area contributed by atoms with E-state index in [4.69, 9.17) is 22.2 Å². The molecular formula is C23H28N6. The second-order valence-corrected chi connectivity index (χ2v) is 7.90. The topological polar surface area (TPSA) is 115 Å². The second kappa shape index (κ2) is 7.91. The van der Waals surface area contributed by atoms with Crippen LogP contribution in [0.5, 0.6) is 0 Å². The van der Waals surface area contributed by atoms with Gasteiger partial charge in [-0.05, 0) is 36.5 Å². The Kier molecular flexibility index (Phi) is 5.32. The minimum absolute atomic E-state index is 0.190. The van der Waals surface area contributed by atoms with Crippen LogP contribution in [0.4, 0.5) is 0 Å². The lowest BCUT2D eigenvalue weighted by Gasteiger charge is -2.18. The predicted molar refractivity (Wildman–Crippen MR) is 119 cm³/mol. The van der Waals surface area contributed by atoms with Gasteiger partial charge in [0.15, 0.2) is 0 Å². The van der Waals surface area contributed by atoms with Gasteiger partial charge in [0.05, 0.1) is 18.2 Å². The smallest absolute Gasteiger partial charge is 0.142 e. The van der Waals surface area contributed by atoms with Gasteiger partial charge < -0.3 is 0 Å². The first kappa shape index (κ1) is 19.5. The van der Waals surface area contributed by atoms with Gasteiger partial charge in [-0.2, -0.15) is 5.10 Å². The Morgan fingerprint density at radius 2 is 1.79 bits per heavy atom. The molecule has 2 aliphatic rings. The molecule has 2 aromatic rings. The number of nitrogens with two attached hydrogens (primary N) is 3. The normalized spacial score (nSPS) is 23.1. The average Bonchev–Trinajstić information content (AvgIpc) is 3.33. The summed E-state index contributed by atoms with van der Waals surface area (Å²) < 4.78 is 0. The summed E-state index contributed by atoms with van der Waals surface area (Å²) in [5.41, 5.74) is 25.9. The number of amidine groups is 1. The van der Waals surface area contributed by atoms with Crippen LogP contribution >= 0.6 is 0 Å². The van der Waals surface area contributed by atoms with Gasteiger partial charge >= 0.3 is 0 Å². The highest BCUT2D eigenvalue weighted by Crippen LogP contribution is 2.34. The fraction of sp³-hybridized carbons (Fsp3) is 0.304. The zero-order valence-electron chi connectivity index (χ0n) is 16.7. The molecule has 1 aliphatic carbocycles. The van der Waals surface area contributed by atoms with E-state index in [1.807, 2.05) is 24.3 Å². The monoisotopic (exact) mass is 388 g/mol. The molecule has 2 unspecified atom stereocenters. The van der Waals surface area contributed by atoms with E-state index in [0.29, 0.717) is 18.0 Å². The first-order valence-corrected chi connectivity index (χ1v) is 10.0. The summed E-state index contributed by atoms with van der Waals surface area (Å²) in [7, 11) is 0. The van der Waals surface area contributed by atoms with E-state index < -0.39 is 5.79 Å². The van der Waals surface area contributed by atoms with Crippen LogP contribution in [0.1, 0.15) is 36.5 Å². The highest BCUT2D eigenvalue weighted by Gasteiger charge is 2.31. The summed E-state index contributed by atoms with van der Waals surface area (Å²) >= 11 is 0. The summed E-state index contributed by atoms with van der Waals surface area (Å²) in [5.74, 6) is 0.153. The molecule has 1 heterocycles. The van der Waals surface area contributed by atoms with Crippen molar-refractivity contribution in [3.05, 3.63) is 77.4 Å². The van der Waals surface area contributed by atoms with Crippen molar-refractivity contribution >= 4 is 17.1 Å². The first-order chi connectivity index (χ1) is 13.9. The molecule has 7 N–H and O–H groups in total. The largest absolute Gasteiger partial charge is 0.297 e. The van der Waals surface area contributed by atoms with Crippen molar-refractivity contribution in [2.24, 2.45) is 39.1 Å². The number of nitrogens with one attached hydrogen (secondary N) is 1. The van der Waals surface area contributed by atoms with Gasteiger partial charge in [0.2, 0.25) is 0 Å². The van der Waals surface area contributed by atoms with Crippen molar-refractivity contribution in [3.63, 3.8) is 0 Å². The van der Waals surface area contributed by atoms with Crippen LogP contribution in [0.2, 0.25) is 0 Å². The highest BCUT2D eigenvalue weighted by molar-refractivity contribution is 6.11. The Balaban J connectivity index is 1.41. The van der Waals surface area contributed by atoms with Crippen molar-refractivity contribution in [1.82, 2.24) is 5.43 Å². The number of rotatable bonds is 5. The standard InChI is InChI=1S/C23H28N6/c1-15-21(19-10-9-18(13-19)17-5-3-2-4-6-17)28-29-22(15)27-14-16-7-11-20(12-8-16)23(24,25)26/h2-8,11-13,15,19H,9-10,14,24-26H2,1H3,(H,27,29). The molecule has 29 heavy (non-hydrogen) atoms.